The topological polar surface area (TPSA) is 71.1 Å². The Morgan fingerprint density at radius 1 is 1.28 bits per heavy atom. The van der Waals surface area contributed by atoms with Gasteiger partial charge in [-0.05, 0) is 31.0 Å². The van der Waals surface area contributed by atoms with E-state index in [4.69, 9.17) is 9.72 Å². The molecule has 1 N–H and O–H groups in total. The van der Waals surface area contributed by atoms with Crippen LogP contribution in [-0.2, 0) is 0 Å². The number of pyridine rings is 1. The minimum absolute atomic E-state index is 0.0102. The lowest BCUT2D eigenvalue weighted by Crippen LogP contribution is -2.39. The molecule has 25 heavy (non-hydrogen) atoms. The monoisotopic (exact) mass is 336 g/mol. The zero-order valence-electron chi connectivity index (χ0n) is 14.1. The third-order valence-corrected chi connectivity index (χ3v) is 4.70. The summed E-state index contributed by atoms with van der Waals surface area (Å²) >= 11 is 0. The number of aromatic amines is 1. The van der Waals surface area contributed by atoms with Crippen LogP contribution in [0.3, 0.4) is 0 Å². The Bertz CT molecular complexity index is 855. The molecule has 0 radical (unpaired) electrons. The summed E-state index contributed by atoms with van der Waals surface area (Å²) in [4.78, 5) is 26.9. The number of hydrogen-bond acceptors (Lipinski definition) is 4. The minimum atomic E-state index is 0.0102. The second-order valence-corrected chi connectivity index (χ2v) is 6.32. The maximum atomic E-state index is 12.8. The van der Waals surface area contributed by atoms with Gasteiger partial charge in [-0.1, -0.05) is 12.1 Å². The van der Waals surface area contributed by atoms with Crippen LogP contribution in [0.5, 0.6) is 5.88 Å². The summed E-state index contributed by atoms with van der Waals surface area (Å²) < 4.78 is 5.05. The van der Waals surface area contributed by atoms with Gasteiger partial charge in [0, 0.05) is 31.3 Å². The van der Waals surface area contributed by atoms with Crippen LogP contribution in [0.4, 0.5) is 0 Å². The van der Waals surface area contributed by atoms with Crippen LogP contribution in [0.15, 0.2) is 42.6 Å². The number of nitrogens with zero attached hydrogens (tertiary/aromatic N) is 3. The number of rotatable bonds is 3. The summed E-state index contributed by atoms with van der Waals surface area (Å²) in [5.41, 5.74) is 2.60. The zero-order valence-corrected chi connectivity index (χ0v) is 14.1. The Kier molecular flexibility index (Phi) is 4.09. The molecule has 1 aromatic carbocycles. The van der Waals surface area contributed by atoms with E-state index in [-0.39, 0.29) is 11.8 Å². The van der Waals surface area contributed by atoms with Crippen molar-refractivity contribution < 1.29 is 9.53 Å². The molecule has 6 nitrogen and oxygen atoms in total. The molecule has 0 saturated carbocycles. The highest BCUT2D eigenvalue weighted by Gasteiger charge is 2.27. The lowest BCUT2D eigenvalue weighted by Gasteiger charge is -2.31. The van der Waals surface area contributed by atoms with Gasteiger partial charge in [-0.2, -0.15) is 0 Å². The Morgan fingerprint density at radius 2 is 2.16 bits per heavy atom. The lowest BCUT2D eigenvalue weighted by atomic mass is 9.97. The number of para-hydroxylation sites is 2. The third-order valence-electron chi connectivity index (χ3n) is 4.70. The van der Waals surface area contributed by atoms with Gasteiger partial charge in [-0.3, -0.25) is 4.79 Å². The molecule has 0 unspecified atom stereocenters. The summed E-state index contributed by atoms with van der Waals surface area (Å²) in [6.45, 7) is 1.44. The molecule has 0 spiro atoms. The van der Waals surface area contributed by atoms with Gasteiger partial charge in [0.1, 0.15) is 5.82 Å². The van der Waals surface area contributed by atoms with E-state index >= 15 is 0 Å². The number of aromatic nitrogens is 3. The summed E-state index contributed by atoms with van der Waals surface area (Å²) in [7, 11) is 1.56. The van der Waals surface area contributed by atoms with Gasteiger partial charge in [-0.25, -0.2) is 9.97 Å². The average Bonchev–Trinajstić information content (AvgIpc) is 3.12. The van der Waals surface area contributed by atoms with Gasteiger partial charge in [0.15, 0.2) is 0 Å². The predicted molar refractivity (Wildman–Crippen MR) is 94.8 cm³/mol. The molecule has 1 aliphatic heterocycles. The van der Waals surface area contributed by atoms with Crippen LogP contribution in [0.1, 0.15) is 34.9 Å². The molecule has 3 heterocycles. The van der Waals surface area contributed by atoms with Gasteiger partial charge in [0.25, 0.3) is 5.91 Å². The van der Waals surface area contributed by atoms with Crippen molar-refractivity contribution in [1.82, 2.24) is 19.9 Å². The van der Waals surface area contributed by atoms with E-state index in [9.17, 15) is 4.79 Å². The van der Waals surface area contributed by atoms with Gasteiger partial charge in [0.05, 0.1) is 23.7 Å². The number of H-pyrrole nitrogens is 1. The molecule has 0 aliphatic carbocycles. The van der Waals surface area contributed by atoms with E-state index in [2.05, 4.69) is 9.97 Å². The predicted octanol–water partition coefficient (Wildman–Crippen LogP) is 2.99. The number of carbonyl (C=O) groups excluding carboxylic acids is 1. The highest BCUT2D eigenvalue weighted by Crippen LogP contribution is 2.27. The molecule has 6 heteroatoms. The SMILES string of the molecule is COc1ccc(C(=O)N2CCC[C@@H](c3nc4ccccc4[nH]3)C2)cn1. The molecular formula is C19H20N4O2. The maximum absolute atomic E-state index is 12.8. The zero-order chi connectivity index (χ0) is 17.2. The molecule has 1 atom stereocenters. The highest BCUT2D eigenvalue weighted by molar-refractivity contribution is 5.94. The molecule has 4 rings (SSSR count). The van der Waals surface area contributed by atoms with Gasteiger partial charge in [-0.15, -0.1) is 0 Å². The fourth-order valence-electron chi connectivity index (χ4n) is 3.36. The molecule has 1 fully saturated rings. The first-order chi connectivity index (χ1) is 12.2. The van der Waals surface area contributed by atoms with E-state index in [0.29, 0.717) is 18.0 Å². The number of ether oxygens (including phenoxy) is 1. The summed E-state index contributed by atoms with van der Waals surface area (Å²) in [6, 6.07) is 11.5. The number of amides is 1. The second-order valence-electron chi connectivity index (χ2n) is 6.32. The van der Waals surface area contributed by atoms with Crippen LogP contribution in [-0.4, -0.2) is 46.0 Å². The Hall–Kier alpha value is -2.89. The molecule has 1 amide bonds. The smallest absolute Gasteiger partial charge is 0.255 e. The van der Waals surface area contributed by atoms with Crippen molar-refractivity contribution in [2.75, 3.05) is 20.2 Å². The minimum Gasteiger partial charge on any atom is -0.481 e. The quantitative estimate of drug-likeness (QED) is 0.798. The van der Waals surface area contributed by atoms with Crippen molar-refractivity contribution in [2.24, 2.45) is 0 Å². The van der Waals surface area contributed by atoms with Crippen LogP contribution in [0.25, 0.3) is 11.0 Å². The second kappa shape index (κ2) is 6.55. The standard InChI is InChI=1S/C19H20N4O2/c1-25-17-9-8-13(11-20-17)19(24)23-10-4-5-14(12-23)18-21-15-6-2-3-7-16(15)22-18/h2-3,6-9,11,14H,4-5,10,12H2,1H3,(H,21,22)/t14-/m1/s1. The van der Waals surface area contributed by atoms with Crippen molar-refractivity contribution in [1.29, 1.82) is 0 Å². The summed E-state index contributed by atoms with van der Waals surface area (Å²) in [5.74, 6) is 1.72. The van der Waals surface area contributed by atoms with E-state index < -0.39 is 0 Å². The number of benzene rings is 1. The number of methoxy groups -OCH3 is 1. The van der Waals surface area contributed by atoms with Crippen LogP contribution in [0, 0.1) is 0 Å². The van der Waals surface area contributed by atoms with E-state index in [1.165, 1.54) is 0 Å². The number of likely N-dealkylation sites (tertiary alicyclic amines) is 1. The Morgan fingerprint density at radius 3 is 2.92 bits per heavy atom. The number of piperidine rings is 1. The van der Waals surface area contributed by atoms with Gasteiger partial charge < -0.3 is 14.6 Å². The number of carbonyl (C=O) groups is 1. The fourth-order valence-corrected chi connectivity index (χ4v) is 3.36. The van der Waals surface area contributed by atoms with E-state index in [1.807, 2.05) is 29.2 Å². The number of nitrogens with one attached hydrogen (secondary N) is 1. The first-order valence-corrected chi connectivity index (χ1v) is 8.48. The van der Waals surface area contributed by atoms with Crippen LogP contribution >= 0.6 is 0 Å². The average molecular weight is 336 g/mol. The van der Waals surface area contributed by atoms with Crippen LogP contribution < -0.4 is 4.74 Å². The molecule has 3 aromatic rings. The lowest BCUT2D eigenvalue weighted by molar-refractivity contribution is 0.0704. The Balaban J connectivity index is 1.52. The molecule has 0 bridgehead atoms. The third kappa shape index (κ3) is 3.07. The highest BCUT2D eigenvalue weighted by atomic mass is 16.5. The van der Waals surface area contributed by atoms with Crippen molar-refractivity contribution in [3.63, 3.8) is 0 Å². The normalized spacial score (nSPS) is 17.6. The van der Waals surface area contributed by atoms with E-state index in [0.717, 1.165) is 36.2 Å². The number of imidazole rings is 1. The molecule has 128 valence electrons. The van der Waals surface area contributed by atoms with Crippen molar-refractivity contribution >= 4 is 16.9 Å². The van der Waals surface area contributed by atoms with Crippen molar-refractivity contribution in [3.05, 3.63) is 54.0 Å². The van der Waals surface area contributed by atoms with Gasteiger partial charge >= 0.3 is 0 Å². The first-order valence-electron chi connectivity index (χ1n) is 8.48. The molecule has 2 aromatic heterocycles. The number of hydrogen-bond donors (Lipinski definition) is 1. The molecule has 1 aliphatic rings. The molecule has 1 saturated heterocycles. The van der Waals surface area contributed by atoms with E-state index in [1.54, 1.807) is 25.4 Å². The van der Waals surface area contributed by atoms with Crippen LogP contribution in [0.2, 0.25) is 0 Å². The maximum Gasteiger partial charge on any atom is 0.255 e. The van der Waals surface area contributed by atoms with Crippen molar-refractivity contribution in [3.8, 4) is 5.88 Å². The first kappa shape index (κ1) is 15.6. The summed E-state index contributed by atoms with van der Waals surface area (Å²) in [6.07, 6.45) is 3.58. The molecular weight excluding hydrogens is 316 g/mol. The largest absolute Gasteiger partial charge is 0.481 e. The number of fused-ring (bicyclic) bond motifs is 1. The Labute approximate surface area is 145 Å². The van der Waals surface area contributed by atoms with Crippen molar-refractivity contribution in [2.45, 2.75) is 18.8 Å². The van der Waals surface area contributed by atoms with Gasteiger partial charge in [0.2, 0.25) is 5.88 Å². The fraction of sp³-hybridized carbons (Fsp3) is 0.316. The summed E-state index contributed by atoms with van der Waals surface area (Å²) in [5, 5.41) is 0.